The molecule has 0 aromatic carbocycles. The predicted molar refractivity (Wildman–Crippen MR) is 51.2 cm³/mol. The van der Waals surface area contributed by atoms with Crippen molar-refractivity contribution in [1.82, 2.24) is 25.3 Å². The van der Waals surface area contributed by atoms with Crippen molar-refractivity contribution in [1.29, 1.82) is 0 Å². The lowest BCUT2D eigenvalue weighted by molar-refractivity contribution is 0.0494. The summed E-state index contributed by atoms with van der Waals surface area (Å²) in [6.45, 7) is 1.27. The first kappa shape index (κ1) is 10.7. The lowest BCUT2D eigenvalue weighted by Crippen LogP contribution is -2.01. The Bertz CT molecular complexity index is 413. The molecule has 2 aromatic rings. The van der Waals surface area contributed by atoms with E-state index in [1.165, 1.54) is 6.33 Å². The third-order valence-corrected chi connectivity index (χ3v) is 1.75. The van der Waals surface area contributed by atoms with E-state index in [-0.39, 0.29) is 6.61 Å². The molecule has 0 spiro atoms. The average molecular weight is 225 g/mol. The lowest BCUT2D eigenvalue weighted by atomic mass is 10.6. The third-order valence-electron chi connectivity index (χ3n) is 1.75. The summed E-state index contributed by atoms with van der Waals surface area (Å²) in [5, 5.41) is 10.1. The highest BCUT2D eigenvalue weighted by molar-refractivity contribution is 5.39. The van der Waals surface area contributed by atoms with Crippen LogP contribution in [0.25, 0.3) is 11.6 Å². The second-order valence-corrected chi connectivity index (χ2v) is 2.89. The molecule has 1 N–H and O–H groups in total. The summed E-state index contributed by atoms with van der Waals surface area (Å²) in [6.07, 6.45) is 1.38. The van der Waals surface area contributed by atoms with Crippen molar-refractivity contribution in [3.63, 3.8) is 0 Å². The van der Waals surface area contributed by atoms with Crippen molar-refractivity contribution in [3.8, 4) is 11.6 Å². The first-order valence-corrected chi connectivity index (χ1v) is 4.65. The van der Waals surface area contributed by atoms with Gasteiger partial charge < -0.3 is 14.0 Å². The monoisotopic (exact) mass is 225 g/mol. The molecule has 0 unspecified atom stereocenters. The van der Waals surface area contributed by atoms with E-state index in [4.69, 9.17) is 14.0 Å². The van der Waals surface area contributed by atoms with E-state index < -0.39 is 0 Å². The Morgan fingerprint density at radius 3 is 3.12 bits per heavy atom. The standard InChI is InChI=1S/C8H11N5O3/c1-14-2-3-15-4-6-11-8(13-16-6)7-9-5-10-12-7/h5H,2-4H2,1H3,(H,9,10,12). The van der Waals surface area contributed by atoms with E-state index >= 15 is 0 Å². The van der Waals surface area contributed by atoms with Gasteiger partial charge in [-0.05, 0) is 0 Å². The number of nitrogens with zero attached hydrogens (tertiary/aromatic N) is 4. The minimum atomic E-state index is 0.254. The Labute approximate surface area is 91.0 Å². The quantitative estimate of drug-likeness (QED) is 0.691. The maximum Gasteiger partial charge on any atom is 0.253 e. The number of aromatic amines is 1. The fourth-order valence-electron chi connectivity index (χ4n) is 1.02. The van der Waals surface area contributed by atoms with Gasteiger partial charge in [-0.3, -0.25) is 5.10 Å². The predicted octanol–water partition coefficient (Wildman–Crippen LogP) is 0.0177. The molecule has 2 rings (SSSR count). The van der Waals surface area contributed by atoms with Crippen molar-refractivity contribution in [2.45, 2.75) is 6.61 Å². The Hall–Kier alpha value is -1.80. The van der Waals surface area contributed by atoms with Gasteiger partial charge >= 0.3 is 0 Å². The molecule has 0 saturated heterocycles. The summed E-state index contributed by atoms with van der Waals surface area (Å²) in [5.41, 5.74) is 0. The Morgan fingerprint density at radius 1 is 1.44 bits per heavy atom. The molecule has 0 amide bonds. The van der Waals surface area contributed by atoms with E-state index in [0.29, 0.717) is 30.8 Å². The summed E-state index contributed by atoms with van der Waals surface area (Å²) in [6, 6.07) is 0. The second-order valence-electron chi connectivity index (χ2n) is 2.89. The molecule has 8 nitrogen and oxygen atoms in total. The summed E-state index contributed by atoms with van der Waals surface area (Å²) in [4.78, 5) is 7.97. The molecule has 8 heteroatoms. The Kier molecular flexibility index (Phi) is 3.57. The van der Waals surface area contributed by atoms with Crippen LogP contribution in [-0.2, 0) is 16.1 Å². The van der Waals surface area contributed by atoms with Crippen molar-refractivity contribution < 1.29 is 14.0 Å². The number of H-pyrrole nitrogens is 1. The van der Waals surface area contributed by atoms with Crippen LogP contribution >= 0.6 is 0 Å². The first-order chi connectivity index (χ1) is 7.90. The summed E-state index contributed by atoms with van der Waals surface area (Å²) >= 11 is 0. The van der Waals surface area contributed by atoms with Gasteiger partial charge in [0.15, 0.2) is 5.82 Å². The van der Waals surface area contributed by atoms with Crippen LogP contribution < -0.4 is 0 Å². The van der Waals surface area contributed by atoms with Crippen LogP contribution in [0, 0.1) is 0 Å². The average Bonchev–Trinajstić information content (AvgIpc) is 2.94. The maximum absolute atomic E-state index is 5.22. The van der Waals surface area contributed by atoms with Crippen molar-refractivity contribution in [2.24, 2.45) is 0 Å². The molecule has 16 heavy (non-hydrogen) atoms. The van der Waals surface area contributed by atoms with E-state index in [0.717, 1.165) is 0 Å². The van der Waals surface area contributed by atoms with Crippen molar-refractivity contribution >= 4 is 0 Å². The lowest BCUT2D eigenvalue weighted by Gasteiger charge is -1.98. The Balaban J connectivity index is 1.88. The molecule has 86 valence electrons. The molecule has 0 aliphatic rings. The number of ether oxygens (including phenoxy) is 2. The van der Waals surface area contributed by atoms with Gasteiger partial charge in [-0.15, -0.1) is 0 Å². The molecule has 2 aromatic heterocycles. The smallest absolute Gasteiger partial charge is 0.253 e. The largest absolute Gasteiger partial charge is 0.382 e. The topological polar surface area (TPSA) is 99.0 Å². The van der Waals surface area contributed by atoms with E-state index in [1.54, 1.807) is 7.11 Å². The molecule has 0 aliphatic heterocycles. The number of hydrogen-bond acceptors (Lipinski definition) is 7. The molecule has 0 radical (unpaired) electrons. The van der Waals surface area contributed by atoms with Crippen molar-refractivity contribution in [2.75, 3.05) is 20.3 Å². The summed E-state index contributed by atoms with van der Waals surface area (Å²) in [7, 11) is 1.61. The minimum absolute atomic E-state index is 0.254. The van der Waals surface area contributed by atoms with Gasteiger partial charge in [-0.25, -0.2) is 4.98 Å². The van der Waals surface area contributed by atoms with Crippen LogP contribution in [-0.4, -0.2) is 45.6 Å². The van der Waals surface area contributed by atoms with Crippen LogP contribution in [0.3, 0.4) is 0 Å². The highest BCUT2D eigenvalue weighted by Gasteiger charge is 2.10. The first-order valence-electron chi connectivity index (χ1n) is 4.65. The number of nitrogens with one attached hydrogen (secondary N) is 1. The van der Waals surface area contributed by atoms with E-state index in [9.17, 15) is 0 Å². The molecule has 0 fully saturated rings. The van der Waals surface area contributed by atoms with Gasteiger partial charge in [0.25, 0.3) is 5.89 Å². The van der Waals surface area contributed by atoms with E-state index in [2.05, 4.69) is 25.3 Å². The minimum Gasteiger partial charge on any atom is -0.382 e. The number of methoxy groups -OCH3 is 1. The molecule has 0 aliphatic carbocycles. The highest BCUT2D eigenvalue weighted by atomic mass is 16.5. The summed E-state index contributed by atoms with van der Waals surface area (Å²) in [5.74, 6) is 1.22. The molecule has 0 atom stereocenters. The van der Waals surface area contributed by atoms with Gasteiger partial charge in [0.05, 0.1) is 13.2 Å². The second kappa shape index (κ2) is 5.33. The zero-order chi connectivity index (χ0) is 11.2. The van der Waals surface area contributed by atoms with Crippen LogP contribution in [0.1, 0.15) is 5.89 Å². The number of hydrogen-bond donors (Lipinski definition) is 1. The van der Waals surface area contributed by atoms with E-state index in [1.807, 2.05) is 0 Å². The molecular formula is C8H11N5O3. The third kappa shape index (κ3) is 2.61. The highest BCUT2D eigenvalue weighted by Crippen LogP contribution is 2.08. The summed E-state index contributed by atoms with van der Waals surface area (Å²) < 4.78 is 15.0. The fraction of sp³-hybridized carbons (Fsp3) is 0.500. The van der Waals surface area contributed by atoms with Crippen molar-refractivity contribution in [3.05, 3.63) is 12.2 Å². The maximum atomic E-state index is 5.22. The molecular weight excluding hydrogens is 214 g/mol. The van der Waals surface area contributed by atoms with Gasteiger partial charge in [0, 0.05) is 7.11 Å². The number of aromatic nitrogens is 5. The van der Waals surface area contributed by atoms with Crippen LogP contribution in [0.2, 0.25) is 0 Å². The molecule has 0 saturated carbocycles. The van der Waals surface area contributed by atoms with Crippen LogP contribution in [0.15, 0.2) is 10.9 Å². The van der Waals surface area contributed by atoms with Crippen LogP contribution in [0.4, 0.5) is 0 Å². The zero-order valence-electron chi connectivity index (χ0n) is 8.71. The van der Waals surface area contributed by atoms with Crippen LogP contribution in [0.5, 0.6) is 0 Å². The van der Waals surface area contributed by atoms with Gasteiger partial charge in [0.2, 0.25) is 5.82 Å². The number of rotatable bonds is 6. The SMILES string of the molecule is COCCOCc1nc(-c2ncn[nH]2)no1. The van der Waals surface area contributed by atoms with Gasteiger partial charge in [-0.1, -0.05) is 5.16 Å². The normalized spacial score (nSPS) is 10.8. The Morgan fingerprint density at radius 2 is 2.38 bits per heavy atom. The van der Waals surface area contributed by atoms with Gasteiger partial charge in [0.1, 0.15) is 12.9 Å². The fourth-order valence-corrected chi connectivity index (χ4v) is 1.02. The molecule has 2 heterocycles. The molecule has 0 bridgehead atoms. The zero-order valence-corrected chi connectivity index (χ0v) is 8.71. The van der Waals surface area contributed by atoms with Gasteiger partial charge in [-0.2, -0.15) is 10.1 Å².